The number of H-pyrrole nitrogens is 1. The Labute approximate surface area is 755 Å². The van der Waals surface area contributed by atoms with Crippen molar-refractivity contribution in [3.63, 3.8) is 0 Å². The molecule has 0 spiro atoms. The summed E-state index contributed by atoms with van der Waals surface area (Å²) in [5, 5.41) is 62.0. The molecule has 0 saturated carbocycles. The Hall–Kier alpha value is -11.9. The molecule has 0 aliphatic carbocycles. The molecule has 22 N–H and O–H groups in total. The summed E-state index contributed by atoms with van der Waals surface area (Å²) < 4.78 is 0.821. The van der Waals surface area contributed by atoms with Crippen LogP contribution in [0.25, 0.3) is 21.0 Å². The number of hydrogen-bond acceptors (Lipinski definition) is 24. The van der Waals surface area contributed by atoms with E-state index in [1.165, 1.54) is 68.6 Å². The molecule has 0 bridgehead atoms. The molecule has 2 aromatic heterocycles. The standard InChI is InChI=1S/C87H124N20O20S2/c1-9-11-23-66-80(120)95-57(22-17-31-88)76(116)102-65(75(115)93-41-72(91)112)45-128-46-73(113)94-60(34-49-27-29-52(109)30-28-49)83(123)103(6)48(5)74(114)97-62(38-71(90)111)85(125)106-32-18-25-67(106)81(121)100-63(39-89)78(118)98-59(33-47(3)4)86(126)107-42-53(110)37-69(107)82(122)96-58(35-50-40-92-56-21-15-13-19-54(50)56)77(117)101-64(43-108)79(119)99-61(36-51-44-129-70-26-16-14-20-55(51)70)84(124)105(8)68(24-12-10-2)87(127)104(66)7/h13-16,19-21,26-30,40,44,47-48,53,57-69,92,108-110H,9-12,17-18,22-25,31-39,41-43,45-46,88-89H2,1-8H3,(H2,90,111)(H2,91,112)(H,93,115)(H,94,113)(H,95,120)(H,96,122)(H,97,114)(H,98,118)(H,99,119)(H,100,121)(H,101,117)(H,102,116)/t48-,53+,57-,58-,59-,60-,61-,62-,63-,64-,65-,66-,67-,68-,69-/m0/s1. The third-order valence-electron chi connectivity index (χ3n) is 23.2. The van der Waals surface area contributed by atoms with Crippen LogP contribution in [0.2, 0.25) is 0 Å². The summed E-state index contributed by atoms with van der Waals surface area (Å²) >= 11 is 2.14. The number of amides is 17. The van der Waals surface area contributed by atoms with E-state index in [1.807, 2.05) is 32.0 Å². The van der Waals surface area contributed by atoms with Crippen LogP contribution in [0.1, 0.15) is 135 Å². The molecule has 0 unspecified atom stereocenters. The number of aromatic nitrogens is 1. The van der Waals surface area contributed by atoms with Crippen LogP contribution in [0.5, 0.6) is 5.75 Å². The van der Waals surface area contributed by atoms with Crippen molar-refractivity contribution < 1.29 is 96.8 Å². The first kappa shape index (κ1) is 103. The Balaban J connectivity index is 1.18. The number of carbonyl (C=O) groups excluding carboxylic acids is 17. The minimum atomic E-state index is -1.87. The first-order valence-electron chi connectivity index (χ1n) is 43.4. The second-order valence-corrected chi connectivity index (χ2v) is 35.2. The van der Waals surface area contributed by atoms with Crippen molar-refractivity contribution in [2.24, 2.45) is 28.9 Å². The van der Waals surface area contributed by atoms with Crippen molar-refractivity contribution in [3.8, 4) is 5.75 Å². The summed E-state index contributed by atoms with van der Waals surface area (Å²) in [5.74, 6) is -17.3. The molecule has 3 saturated heterocycles. The number of carbonyl (C=O) groups is 17. The maximum Gasteiger partial charge on any atom is 0.246 e. The lowest BCUT2D eigenvalue weighted by atomic mass is 10.00. The number of nitrogens with two attached hydrogens (primary N) is 4. The lowest BCUT2D eigenvalue weighted by molar-refractivity contribution is -0.149. The van der Waals surface area contributed by atoms with E-state index >= 15 is 33.6 Å². The lowest BCUT2D eigenvalue weighted by Crippen LogP contribution is -2.62. The SMILES string of the molecule is CCCC[C@H]1C(=O)N(C)[C@@H](CCCC)C(=O)N[C@@H](CCCN)C(=O)N[C@H](C(=O)NCC(N)=O)CSCC(=O)N[C@@H](Cc2ccc(O)cc2)C(=O)N(C)[C@@H](C)C(=O)N[C@@H](CC(N)=O)C(=O)N2CCC[C@H]2C(=O)N[C@@H](CN)C(=O)N[C@@H](CC(C)C)C(=O)N2C[C@H](O)C[C@H]2C(=O)N[C@@H](Cc2c[nH]c3ccccc23)C(=O)N[C@@H](CO)C(=O)N[C@@H](Cc2csc3ccccc23)C(=O)N1C. The molecule has 40 nitrogen and oxygen atoms in total. The van der Waals surface area contributed by atoms with Gasteiger partial charge in [0.2, 0.25) is 100 Å². The number of phenolic OH excluding ortho intramolecular Hbond substituents is 1. The Morgan fingerprint density at radius 1 is 0.558 bits per heavy atom. The fourth-order valence-corrected chi connectivity index (χ4v) is 17.7. The van der Waals surface area contributed by atoms with Gasteiger partial charge >= 0.3 is 0 Å². The van der Waals surface area contributed by atoms with Crippen LogP contribution in [0, 0.1) is 5.92 Å². The fraction of sp³-hybridized carbons (Fsp3) is 0.552. The average Bonchev–Trinajstić information content (AvgIpc) is 1.52. The molecule has 3 aliphatic heterocycles. The van der Waals surface area contributed by atoms with Crippen LogP contribution in [-0.4, -0.2) is 308 Å². The highest BCUT2D eigenvalue weighted by atomic mass is 32.2. The van der Waals surface area contributed by atoms with Gasteiger partial charge < -0.3 is 121 Å². The highest BCUT2D eigenvalue weighted by Gasteiger charge is 2.47. The molecule has 15 atom stereocenters. The monoisotopic (exact) mass is 1830 g/mol. The Kier molecular flexibility index (Phi) is 39.0. The number of thiophene rings is 1. The lowest BCUT2D eigenvalue weighted by Gasteiger charge is -2.36. The van der Waals surface area contributed by atoms with Gasteiger partial charge in [0.25, 0.3) is 0 Å². The highest BCUT2D eigenvalue weighted by Crippen LogP contribution is 2.30. The number of primary amides is 2. The molecular weight excluding hydrogens is 1710 g/mol. The van der Waals surface area contributed by atoms with Crippen molar-refractivity contribution in [1.29, 1.82) is 0 Å². The summed E-state index contributed by atoms with van der Waals surface area (Å²) in [6.45, 7) is 5.52. The molecule has 704 valence electrons. The summed E-state index contributed by atoms with van der Waals surface area (Å²) in [6.07, 6.45) is 0.134. The van der Waals surface area contributed by atoms with Crippen LogP contribution >= 0.6 is 23.1 Å². The maximum atomic E-state index is 15.7. The van der Waals surface area contributed by atoms with E-state index in [1.54, 1.807) is 55.8 Å². The van der Waals surface area contributed by atoms with E-state index in [0.717, 1.165) is 41.4 Å². The van der Waals surface area contributed by atoms with Crippen LogP contribution in [0.15, 0.2) is 84.4 Å². The molecule has 3 aliphatic rings. The number of para-hydroxylation sites is 1. The number of aliphatic hydroxyl groups excluding tert-OH is 2. The Morgan fingerprint density at radius 2 is 1.12 bits per heavy atom. The van der Waals surface area contributed by atoms with Crippen molar-refractivity contribution >= 4 is 145 Å². The molecule has 3 aromatic carbocycles. The van der Waals surface area contributed by atoms with Crippen molar-refractivity contribution in [2.45, 2.75) is 228 Å². The smallest absolute Gasteiger partial charge is 0.246 e. The number of aromatic hydroxyl groups is 1. The maximum absolute atomic E-state index is 15.7. The number of hydrogen-bond donors (Lipinski definition) is 18. The van der Waals surface area contributed by atoms with Crippen LogP contribution in [0.4, 0.5) is 0 Å². The van der Waals surface area contributed by atoms with E-state index < -0.39 is 235 Å². The zero-order valence-corrected chi connectivity index (χ0v) is 75.6. The predicted molar refractivity (Wildman–Crippen MR) is 479 cm³/mol. The molecular formula is C87H124N20O20S2. The number of rotatable bonds is 24. The van der Waals surface area contributed by atoms with E-state index in [2.05, 4.69) is 58.2 Å². The third-order valence-corrected chi connectivity index (χ3v) is 25.2. The van der Waals surface area contributed by atoms with E-state index in [9.17, 15) is 63.3 Å². The minimum absolute atomic E-state index is 0.00623. The summed E-state index contributed by atoms with van der Waals surface area (Å²) in [6, 6.07) is -1.65. The van der Waals surface area contributed by atoms with Gasteiger partial charge in [0.05, 0.1) is 31.4 Å². The highest BCUT2D eigenvalue weighted by molar-refractivity contribution is 8.00. The molecule has 3 fully saturated rings. The van der Waals surface area contributed by atoms with Crippen LogP contribution in [0.3, 0.4) is 0 Å². The largest absolute Gasteiger partial charge is 0.508 e. The zero-order valence-electron chi connectivity index (χ0n) is 73.9. The van der Waals surface area contributed by atoms with Gasteiger partial charge in [-0.15, -0.1) is 23.1 Å². The molecule has 42 heteroatoms. The summed E-state index contributed by atoms with van der Waals surface area (Å²) in [7, 11) is 3.94. The van der Waals surface area contributed by atoms with Crippen LogP contribution < -0.4 is 76.1 Å². The third kappa shape index (κ3) is 28.3. The van der Waals surface area contributed by atoms with Gasteiger partial charge in [-0.1, -0.05) is 102 Å². The van der Waals surface area contributed by atoms with Crippen molar-refractivity contribution in [3.05, 3.63) is 101 Å². The van der Waals surface area contributed by atoms with Gasteiger partial charge in [-0.2, -0.15) is 0 Å². The van der Waals surface area contributed by atoms with Crippen molar-refractivity contribution in [1.82, 2.24) is 82.7 Å². The van der Waals surface area contributed by atoms with E-state index in [-0.39, 0.29) is 95.4 Å². The van der Waals surface area contributed by atoms with Gasteiger partial charge in [0.15, 0.2) is 0 Å². The molecule has 0 radical (unpaired) electrons. The second-order valence-electron chi connectivity index (χ2n) is 33.3. The minimum Gasteiger partial charge on any atom is -0.508 e. The molecule has 5 aromatic rings. The Morgan fingerprint density at radius 3 is 1.78 bits per heavy atom. The summed E-state index contributed by atoms with van der Waals surface area (Å²) in [5.41, 5.74) is 25.4. The van der Waals surface area contributed by atoms with Crippen molar-refractivity contribution in [2.75, 3.05) is 72.0 Å². The fourth-order valence-electron chi connectivity index (χ4n) is 15.9. The number of nitrogens with zero attached hydrogens (tertiary/aromatic N) is 5. The molecule has 129 heavy (non-hydrogen) atoms. The number of fused-ring (bicyclic) bond motifs is 4. The number of phenols is 1. The first-order valence-corrected chi connectivity index (χ1v) is 45.5. The number of unbranched alkanes of at least 4 members (excludes halogenated alkanes) is 2. The topological polar surface area (TPSA) is 607 Å². The number of nitrogens with one attached hydrogen (secondary N) is 11. The quantitative estimate of drug-likeness (QED) is 0.0298. The second kappa shape index (κ2) is 49.1. The molecule has 17 amide bonds. The van der Waals surface area contributed by atoms with E-state index in [4.69, 9.17) is 22.9 Å². The number of aliphatic hydroxyl groups is 2. The van der Waals surface area contributed by atoms with Gasteiger partial charge in [0, 0.05) is 94.0 Å². The Bertz CT molecular complexity index is 4820. The van der Waals surface area contributed by atoms with Gasteiger partial charge in [-0.05, 0) is 116 Å². The molecule has 8 rings (SSSR count). The zero-order chi connectivity index (χ0) is 94.6. The number of aromatic amines is 1. The van der Waals surface area contributed by atoms with Gasteiger partial charge in [0.1, 0.15) is 90.3 Å². The number of benzene rings is 3. The summed E-state index contributed by atoms with van der Waals surface area (Å²) in [4.78, 5) is 256. The van der Waals surface area contributed by atoms with Gasteiger partial charge in [-0.25, -0.2) is 0 Å². The predicted octanol–water partition coefficient (Wildman–Crippen LogP) is -2.73. The normalized spacial score (nSPS) is 25.4. The number of likely N-dealkylation sites (N-methyl/N-ethyl adjacent to an activating group) is 3. The van der Waals surface area contributed by atoms with E-state index in [0.29, 0.717) is 53.3 Å². The van der Waals surface area contributed by atoms with Crippen LogP contribution in [-0.2, 0) is 101 Å². The first-order chi connectivity index (χ1) is 61.4. The average molecular weight is 1830 g/mol. The van der Waals surface area contributed by atoms with Gasteiger partial charge in [-0.3, -0.25) is 81.5 Å². The number of thioether (sulfide) groups is 1. The molecule has 5 heterocycles.